The Hall–Kier alpha value is -1.67. The van der Waals surface area contributed by atoms with Crippen LogP contribution < -0.4 is 0 Å². The number of benzene rings is 2. The molecule has 1 nitrogen and oxygen atoms in total. The Bertz CT molecular complexity index is 724. The molecule has 2 heteroatoms. The van der Waals surface area contributed by atoms with Gasteiger partial charge in [-0.3, -0.25) is 0 Å². The molecule has 0 N–H and O–H groups in total. The fourth-order valence-corrected chi connectivity index (χ4v) is 5.54. The molecule has 0 bridgehead atoms. The Balaban J connectivity index is 1.93. The van der Waals surface area contributed by atoms with Crippen molar-refractivity contribution in [2.24, 2.45) is 0 Å². The molecule has 0 saturated carbocycles. The van der Waals surface area contributed by atoms with E-state index in [2.05, 4.69) is 65.4 Å². The number of aromatic nitrogens is 1. The molecular formula is C18H18NS+. The summed E-state index contributed by atoms with van der Waals surface area (Å²) in [5.74, 6) is 2.76. The van der Waals surface area contributed by atoms with Crippen LogP contribution in [0.25, 0.3) is 16.6 Å². The van der Waals surface area contributed by atoms with Gasteiger partial charge in [-0.05, 0) is 37.1 Å². The van der Waals surface area contributed by atoms with E-state index in [4.69, 9.17) is 0 Å². The van der Waals surface area contributed by atoms with Crippen molar-refractivity contribution in [2.75, 3.05) is 11.5 Å². The van der Waals surface area contributed by atoms with Gasteiger partial charge in [-0.15, -0.1) is 0 Å². The number of nitrogens with zero attached hydrogens (tertiary/aromatic N) is 1. The minimum atomic E-state index is 0.461. The van der Waals surface area contributed by atoms with Crippen molar-refractivity contribution < 1.29 is 0 Å². The van der Waals surface area contributed by atoms with Gasteiger partial charge in [0, 0.05) is 16.6 Å². The zero-order valence-corrected chi connectivity index (χ0v) is 12.3. The molecule has 1 aromatic heterocycles. The molecule has 1 aliphatic rings. The van der Waals surface area contributed by atoms with Crippen LogP contribution in [0.15, 0.2) is 65.7 Å². The molecule has 100 valence electrons. The fraction of sp³-hybridized carbons (Fsp3) is 0.222. The largest absolute Gasteiger partial charge is 0.311 e. The Morgan fingerprint density at radius 1 is 0.800 bits per heavy atom. The van der Waals surface area contributed by atoms with E-state index in [0.29, 0.717) is 10.9 Å². The maximum atomic E-state index is 2.38. The van der Waals surface area contributed by atoms with Gasteiger partial charge in [-0.2, -0.15) is 0 Å². The first-order chi connectivity index (χ1) is 9.93. The van der Waals surface area contributed by atoms with Crippen LogP contribution in [0.2, 0.25) is 0 Å². The summed E-state index contributed by atoms with van der Waals surface area (Å²) < 4.78 is 2.36. The summed E-state index contributed by atoms with van der Waals surface area (Å²) in [5.41, 5.74) is 2.60. The van der Waals surface area contributed by atoms with Crippen molar-refractivity contribution in [3.63, 3.8) is 0 Å². The molecule has 0 radical (unpaired) electrons. The Morgan fingerprint density at radius 2 is 1.50 bits per heavy atom. The van der Waals surface area contributed by atoms with Gasteiger partial charge in [0.15, 0.2) is 4.90 Å². The van der Waals surface area contributed by atoms with Crippen LogP contribution in [0.4, 0.5) is 0 Å². The van der Waals surface area contributed by atoms with Crippen LogP contribution in [0.1, 0.15) is 12.8 Å². The van der Waals surface area contributed by atoms with Gasteiger partial charge in [-0.25, -0.2) is 0 Å². The lowest BCUT2D eigenvalue weighted by molar-refractivity contribution is 0.949. The van der Waals surface area contributed by atoms with Crippen LogP contribution in [-0.4, -0.2) is 16.1 Å². The average Bonchev–Trinajstić information content (AvgIpc) is 3.15. The Morgan fingerprint density at radius 3 is 2.30 bits per heavy atom. The van der Waals surface area contributed by atoms with Gasteiger partial charge in [0.2, 0.25) is 0 Å². The van der Waals surface area contributed by atoms with E-state index in [-0.39, 0.29) is 0 Å². The highest BCUT2D eigenvalue weighted by Crippen LogP contribution is 2.32. The predicted octanol–water partition coefficient (Wildman–Crippen LogP) is 4.40. The summed E-state index contributed by atoms with van der Waals surface area (Å²) in [6.07, 6.45) is 5.18. The van der Waals surface area contributed by atoms with Gasteiger partial charge in [0.1, 0.15) is 11.5 Å². The third-order valence-electron chi connectivity index (χ3n) is 4.05. The summed E-state index contributed by atoms with van der Waals surface area (Å²) in [6.45, 7) is 0. The first-order valence-corrected chi connectivity index (χ1v) is 8.83. The molecular weight excluding hydrogens is 262 g/mol. The molecule has 2 heterocycles. The van der Waals surface area contributed by atoms with Crippen molar-refractivity contribution in [2.45, 2.75) is 17.7 Å². The maximum absolute atomic E-state index is 2.38. The van der Waals surface area contributed by atoms with Crippen molar-refractivity contribution in [1.29, 1.82) is 0 Å². The third kappa shape index (κ3) is 1.95. The summed E-state index contributed by atoms with van der Waals surface area (Å²) in [6, 6.07) is 19.5. The molecule has 0 amide bonds. The second-order valence-corrected chi connectivity index (χ2v) is 7.57. The number of hydrogen-bond acceptors (Lipinski definition) is 0. The quantitative estimate of drug-likeness (QED) is 0.613. The molecule has 1 saturated heterocycles. The average molecular weight is 280 g/mol. The molecule has 1 aliphatic heterocycles. The lowest BCUT2D eigenvalue weighted by atomic mass is 10.2. The van der Waals surface area contributed by atoms with E-state index in [1.165, 1.54) is 40.9 Å². The molecule has 0 unspecified atom stereocenters. The van der Waals surface area contributed by atoms with Crippen LogP contribution >= 0.6 is 0 Å². The highest BCUT2D eigenvalue weighted by atomic mass is 32.2. The SMILES string of the molecule is c1ccc(-n2cc([S+]3CCCC3)c3ccccc32)cc1. The van der Waals surface area contributed by atoms with E-state index >= 15 is 0 Å². The van der Waals surface area contributed by atoms with E-state index in [9.17, 15) is 0 Å². The van der Waals surface area contributed by atoms with Crippen LogP contribution in [0.3, 0.4) is 0 Å². The highest BCUT2D eigenvalue weighted by Gasteiger charge is 2.30. The molecule has 0 aliphatic carbocycles. The molecule has 0 atom stereocenters. The van der Waals surface area contributed by atoms with Gasteiger partial charge >= 0.3 is 0 Å². The second-order valence-electron chi connectivity index (χ2n) is 5.32. The minimum absolute atomic E-state index is 0.461. The number of rotatable bonds is 2. The summed E-state index contributed by atoms with van der Waals surface area (Å²) >= 11 is 0. The first kappa shape index (κ1) is 12.1. The highest BCUT2D eigenvalue weighted by molar-refractivity contribution is 7.97. The zero-order chi connectivity index (χ0) is 13.4. The van der Waals surface area contributed by atoms with Crippen molar-refractivity contribution >= 4 is 21.8 Å². The van der Waals surface area contributed by atoms with E-state index in [0.717, 1.165) is 0 Å². The van der Waals surface area contributed by atoms with Crippen LogP contribution in [-0.2, 0) is 10.9 Å². The summed E-state index contributed by atoms with van der Waals surface area (Å²) in [4.78, 5) is 1.57. The predicted molar refractivity (Wildman–Crippen MR) is 87.9 cm³/mol. The van der Waals surface area contributed by atoms with Crippen molar-refractivity contribution in [3.8, 4) is 5.69 Å². The van der Waals surface area contributed by atoms with Gasteiger partial charge in [-0.1, -0.05) is 30.3 Å². The molecule has 1 fully saturated rings. The molecule has 2 aromatic carbocycles. The minimum Gasteiger partial charge on any atom is -0.311 e. The maximum Gasteiger partial charge on any atom is 0.180 e. The van der Waals surface area contributed by atoms with Crippen LogP contribution in [0, 0.1) is 0 Å². The lowest BCUT2D eigenvalue weighted by Gasteiger charge is -2.03. The number of hydrogen-bond donors (Lipinski definition) is 0. The molecule has 3 aromatic rings. The Labute approximate surface area is 122 Å². The summed E-state index contributed by atoms with van der Waals surface area (Å²) in [7, 11) is 0.461. The third-order valence-corrected chi connectivity index (χ3v) is 6.56. The van der Waals surface area contributed by atoms with E-state index in [1.807, 2.05) is 0 Å². The van der Waals surface area contributed by atoms with Crippen molar-refractivity contribution in [3.05, 3.63) is 60.8 Å². The van der Waals surface area contributed by atoms with E-state index in [1.54, 1.807) is 4.90 Å². The fourth-order valence-electron chi connectivity index (χ4n) is 3.06. The van der Waals surface area contributed by atoms with E-state index < -0.39 is 0 Å². The molecule has 0 spiro atoms. The second kappa shape index (κ2) is 5.02. The molecule has 4 rings (SSSR count). The first-order valence-electron chi connectivity index (χ1n) is 7.26. The lowest BCUT2D eigenvalue weighted by Crippen LogP contribution is -2.02. The van der Waals surface area contributed by atoms with Crippen molar-refractivity contribution in [1.82, 2.24) is 4.57 Å². The normalized spacial score (nSPS) is 16.0. The number of para-hydroxylation sites is 2. The number of fused-ring (bicyclic) bond motifs is 1. The van der Waals surface area contributed by atoms with Gasteiger partial charge < -0.3 is 4.57 Å². The monoisotopic (exact) mass is 280 g/mol. The smallest absolute Gasteiger partial charge is 0.180 e. The standard InChI is InChI=1S/C18H18NS/c1-2-8-15(9-3-1)19-14-18(20-12-6-7-13-20)16-10-4-5-11-17(16)19/h1-5,8-11,14H,6-7,12-13H2/q+1. The topological polar surface area (TPSA) is 4.93 Å². The van der Waals surface area contributed by atoms with Crippen LogP contribution in [0.5, 0.6) is 0 Å². The van der Waals surface area contributed by atoms with Gasteiger partial charge in [0.25, 0.3) is 0 Å². The van der Waals surface area contributed by atoms with Gasteiger partial charge in [0.05, 0.1) is 17.1 Å². The Kier molecular flexibility index (Phi) is 3.04. The summed E-state index contributed by atoms with van der Waals surface area (Å²) in [5, 5.41) is 1.45. The molecule has 20 heavy (non-hydrogen) atoms. The zero-order valence-electron chi connectivity index (χ0n) is 11.5.